The first kappa shape index (κ1) is 14.6. The fraction of sp³-hybridized carbons (Fsp3) is 0.562. The summed E-state index contributed by atoms with van der Waals surface area (Å²) in [6.07, 6.45) is -0.687. The van der Waals surface area contributed by atoms with Gasteiger partial charge in [0.25, 0.3) is 0 Å². The fourth-order valence-electron chi connectivity index (χ4n) is 3.71. The molecule has 2 nitrogen and oxygen atoms in total. The van der Waals surface area contributed by atoms with E-state index >= 15 is 0 Å². The molecule has 0 spiro atoms. The highest BCUT2D eigenvalue weighted by molar-refractivity contribution is 5.98. The molecule has 2 unspecified atom stereocenters. The van der Waals surface area contributed by atoms with Gasteiger partial charge in [0.1, 0.15) is 0 Å². The van der Waals surface area contributed by atoms with Gasteiger partial charge in [0.15, 0.2) is 5.78 Å². The van der Waals surface area contributed by atoms with Crippen molar-refractivity contribution in [3.05, 3.63) is 35.4 Å². The molecule has 2 atom stereocenters. The van der Waals surface area contributed by atoms with Crippen LogP contribution in [0.5, 0.6) is 0 Å². The van der Waals surface area contributed by atoms with Crippen LogP contribution >= 0.6 is 0 Å². The zero-order chi connectivity index (χ0) is 15.2. The molecular formula is C16H18F3NO. The second kappa shape index (κ2) is 5.13. The molecule has 5 heteroatoms. The van der Waals surface area contributed by atoms with Gasteiger partial charge in [-0.1, -0.05) is 12.1 Å². The van der Waals surface area contributed by atoms with E-state index in [2.05, 4.69) is 11.9 Å². The van der Waals surface area contributed by atoms with Crippen molar-refractivity contribution in [1.82, 2.24) is 4.90 Å². The third-order valence-electron chi connectivity index (χ3n) is 4.94. The van der Waals surface area contributed by atoms with Gasteiger partial charge in [-0.3, -0.25) is 4.79 Å². The topological polar surface area (TPSA) is 20.3 Å². The highest BCUT2D eigenvalue weighted by atomic mass is 19.4. The monoisotopic (exact) mass is 297 g/mol. The first-order chi connectivity index (χ1) is 9.86. The Kier molecular flexibility index (Phi) is 3.56. The van der Waals surface area contributed by atoms with Crippen molar-refractivity contribution in [2.75, 3.05) is 7.05 Å². The minimum absolute atomic E-state index is 0.133. The summed E-state index contributed by atoms with van der Waals surface area (Å²) in [6, 6.07) is 5.63. The lowest BCUT2D eigenvalue weighted by Crippen LogP contribution is -2.42. The predicted octanol–water partition coefficient (Wildman–Crippen LogP) is 3.76. The zero-order valence-corrected chi connectivity index (χ0v) is 11.9. The molecule has 0 radical (unpaired) electrons. The molecular weight excluding hydrogens is 279 g/mol. The molecule has 2 fully saturated rings. The van der Waals surface area contributed by atoms with Gasteiger partial charge in [0.05, 0.1) is 5.56 Å². The Morgan fingerprint density at radius 3 is 2.38 bits per heavy atom. The maximum Gasteiger partial charge on any atom is 0.416 e. The molecule has 2 aliphatic rings. The summed E-state index contributed by atoms with van der Waals surface area (Å²) in [4.78, 5) is 14.8. The molecule has 2 heterocycles. The summed E-state index contributed by atoms with van der Waals surface area (Å²) in [7, 11) is 2.08. The lowest BCUT2D eigenvalue weighted by Gasteiger charge is -2.35. The van der Waals surface area contributed by atoms with Gasteiger partial charge in [-0.05, 0) is 44.9 Å². The number of Topliss-reactive ketones (excluding diaryl/α,β-unsaturated/α-hetero) is 1. The predicted molar refractivity (Wildman–Crippen MR) is 73.1 cm³/mol. The summed E-state index contributed by atoms with van der Waals surface area (Å²) < 4.78 is 38.2. The van der Waals surface area contributed by atoms with Crippen LogP contribution in [0.1, 0.15) is 41.6 Å². The van der Waals surface area contributed by atoms with Crippen LogP contribution in [0, 0.1) is 5.92 Å². The summed E-state index contributed by atoms with van der Waals surface area (Å²) in [6.45, 7) is 0. The van der Waals surface area contributed by atoms with Crippen LogP contribution < -0.4 is 0 Å². The third kappa shape index (κ3) is 2.71. The number of carbonyl (C=O) groups excluding carboxylic acids is 1. The Hall–Kier alpha value is -1.36. The molecule has 0 aromatic heterocycles. The van der Waals surface area contributed by atoms with Gasteiger partial charge < -0.3 is 4.90 Å². The Morgan fingerprint density at radius 1 is 1.19 bits per heavy atom. The van der Waals surface area contributed by atoms with Crippen LogP contribution in [0.3, 0.4) is 0 Å². The Bertz CT molecular complexity index is 541. The number of benzene rings is 1. The number of hydrogen-bond acceptors (Lipinski definition) is 2. The lowest BCUT2D eigenvalue weighted by atomic mass is 9.84. The summed E-state index contributed by atoms with van der Waals surface area (Å²) in [5.74, 6) is -0.270. The van der Waals surface area contributed by atoms with Crippen LogP contribution in [0.15, 0.2) is 24.3 Å². The van der Waals surface area contributed by atoms with Gasteiger partial charge in [0, 0.05) is 23.6 Å². The van der Waals surface area contributed by atoms with Crippen molar-refractivity contribution < 1.29 is 18.0 Å². The Labute approximate surface area is 121 Å². The molecule has 2 bridgehead atoms. The number of rotatable bonds is 2. The molecule has 3 rings (SSSR count). The quantitative estimate of drug-likeness (QED) is 0.775. The van der Waals surface area contributed by atoms with Crippen molar-refractivity contribution in [3.8, 4) is 0 Å². The van der Waals surface area contributed by atoms with Crippen molar-refractivity contribution in [2.24, 2.45) is 5.92 Å². The van der Waals surface area contributed by atoms with Gasteiger partial charge in [-0.25, -0.2) is 0 Å². The van der Waals surface area contributed by atoms with Gasteiger partial charge in [-0.2, -0.15) is 13.2 Å². The first-order valence-electron chi connectivity index (χ1n) is 7.29. The zero-order valence-electron chi connectivity index (χ0n) is 11.9. The van der Waals surface area contributed by atoms with Crippen molar-refractivity contribution in [2.45, 2.75) is 43.9 Å². The van der Waals surface area contributed by atoms with Crippen LogP contribution in [-0.4, -0.2) is 29.8 Å². The maximum absolute atomic E-state index is 12.7. The Balaban J connectivity index is 1.80. The van der Waals surface area contributed by atoms with E-state index in [0.717, 1.165) is 37.8 Å². The largest absolute Gasteiger partial charge is 0.416 e. The first-order valence-corrected chi connectivity index (χ1v) is 7.29. The highest BCUT2D eigenvalue weighted by Gasteiger charge is 2.41. The third-order valence-corrected chi connectivity index (χ3v) is 4.94. The molecule has 1 aromatic rings. The van der Waals surface area contributed by atoms with Gasteiger partial charge in [0.2, 0.25) is 0 Å². The minimum Gasteiger partial charge on any atom is -0.300 e. The second-order valence-electron chi connectivity index (χ2n) is 6.16. The van der Waals surface area contributed by atoms with Crippen molar-refractivity contribution in [3.63, 3.8) is 0 Å². The van der Waals surface area contributed by atoms with Gasteiger partial charge >= 0.3 is 6.18 Å². The van der Waals surface area contributed by atoms with E-state index < -0.39 is 11.7 Å². The van der Waals surface area contributed by atoms with E-state index in [1.165, 1.54) is 12.1 Å². The smallest absolute Gasteiger partial charge is 0.300 e. The molecule has 1 aromatic carbocycles. The molecule has 21 heavy (non-hydrogen) atoms. The van der Waals surface area contributed by atoms with Crippen molar-refractivity contribution >= 4 is 5.78 Å². The molecule has 114 valence electrons. The minimum atomic E-state index is -4.40. The summed E-state index contributed by atoms with van der Waals surface area (Å²) >= 11 is 0. The van der Waals surface area contributed by atoms with Gasteiger partial charge in [-0.15, -0.1) is 0 Å². The number of ketones is 1. The van der Waals surface area contributed by atoms with Crippen LogP contribution in [-0.2, 0) is 6.18 Å². The standard InChI is InChI=1S/C16H18F3NO/c1-20-13-5-6-14(20)9-11(8-13)15(21)10-3-2-4-12(7-10)16(17,18)19/h2-4,7,11,13-14H,5-6,8-9H2,1H3. The number of hydrogen-bond donors (Lipinski definition) is 0. The number of alkyl halides is 3. The van der Waals surface area contributed by atoms with E-state index in [4.69, 9.17) is 0 Å². The van der Waals surface area contributed by atoms with Crippen LogP contribution in [0.4, 0.5) is 13.2 Å². The highest BCUT2D eigenvalue weighted by Crippen LogP contribution is 2.39. The molecule has 0 aliphatic carbocycles. The number of nitrogens with zero attached hydrogens (tertiary/aromatic N) is 1. The van der Waals surface area contributed by atoms with E-state index in [1.807, 2.05) is 0 Å². The normalized spacial score (nSPS) is 29.6. The fourth-order valence-corrected chi connectivity index (χ4v) is 3.71. The molecule has 0 N–H and O–H groups in total. The van der Waals surface area contributed by atoms with E-state index in [9.17, 15) is 18.0 Å². The molecule has 0 saturated carbocycles. The summed E-state index contributed by atoms with van der Waals surface area (Å²) in [5, 5.41) is 0. The van der Waals surface area contributed by atoms with Crippen LogP contribution in [0.2, 0.25) is 0 Å². The number of carbonyl (C=O) groups is 1. The number of fused-ring (bicyclic) bond motifs is 2. The number of halogens is 3. The van der Waals surface area contributed by atoms with E-state index in [-0.39, 0.29) is 17.3 Å². The lowest BCUT2D eigenvalue weighted by molar-refractivity contribution is -0.137. The molecule has 0 amide bonds. The summed E-state index contributed by atoms with van der Waals surface area (Å²) in [5.41, 5.74) is -0.553. The Morgan fingerprint density at radius 2 is 1.81 bits per heavy atom. The molecule has 2 saturated heterocycles. The van der Waals surface area contributed by atoms with Crippen molar-refractivity contribution in [1.29, 1.82) is 0 Å². The van der Waals surface area contributed by atoms with Crippen LogP contribution in [0.25, 0.3) is 0 Å². The van der Waals surface area contributed by atoms with E-state index in [1.54, 1.807) is 0 Å². The number of piperidine rings is 1. The second-order valence-corrected chi connectivity index (χ2v) is 6.16. The van der Waals surface area contributed by atoms with E-state index in [0.29, 0.717) is 12.1 Å². The average molecular weight is 297 g/mol. The average Bonchev–Trinajstić information content (AvgIpc) is 2.66. The molecule has 2 aliphatic heterocycles. The SMILES string of the molecule is CN1C2CCC1CC(C(=O)c1cccc(C(F)(F)F)c1)C2. The maximum atomic E-state index is 12.7.